The Balaban J connectivity index is 3.12. The highest BCUT2D eigenvalue weighted by molar-refractivity contribution is 5.77. The van der Waals surface area contributed by atoms with Crippen molar-refractivity contribution in [1.82, 2.24) is 5.32 Å². The minimum Gasteiger partial charge on any atom is -0.382 e. The lowest BCUT2D eigenvalue weighted by Crippen LogP contribution is -2.29. The maximum atomic E-state index is 11.3. The van der Waals surface area contributed by atoms with E-state index in [9.17, 15) is 4.79 Å². The zero-order chi connectivity index (χ0) is 13.5. The zero-order valence-corrected chi connectivity index (χ0v) is 11.3. The summed E-state index contributed by atoms with van der Waals surface area (Å²) in [5, 5.41) is 2.79. The van der Waals surface area contributed by atoms with Crippen molar-refractivity contribution in [3.63, 3.8) is 0 Å². The van der Waals surface area contributed by atoms with Gasteiger partial charge in [-0.25, -0.2) is 0 Å². The molecule has 0 radical (unpaired) electrons. The van der Waals surface area contributed by atoms with E-state index in [1.807, 2.05) is 0 Å². The van der Waals surface area contributed by atoms with Gasteiger partial charge in [0.15, 0.2) is 0 Å². The number of nitrogens with two attached hydrogens (primary N) is 1. The van der Waals surface area contributed by atoms with Crippen molar-refractivity contribution >= 4 is 5.91 Å². The number of hydrogen-bond acceptors (Lipinski definition) is 5. The van der Waals surface area contributed by atoms with E-state index in [-0.39, 0.29) is 12.5 Å². The maximum Gasteiger partial charge on any atom is 0.245 e. The number of methoxy groups -OCH3 is 1. The molecule has 18 heavy (non-hydrogen) atoms. The number of carbonyl (C=O) groups excluding carboxylic acids is 1. The molecule has 0 aliphatic heterocycles. The average molecular weight is 262 g/mol. The Kier molecular flexibility index (Phi) is 13.8. The van der Waals surface area contributed by atoms with Gasteiger partial charge in [-0.05, 0) is 19.4 Å². The molecular formula is C12H26N2O4. The second-order valence-electron chi connectivity index (χ2n) is 3.86. The first kappa shape index (κ1) is 17.3. The predicted molar refractivity (Wildman–Crippen MR) is 69.4 cm³/mol. The number of rotatable bonds is 13. The minimum absolute atomic E-state index is 0.0837. The topological polar surface area (TPSA) is 82.8 Å². The lowest BCUT2D eigenvalue weighted by molar-refractivity contribution is -0.126. The third-order valence-corrected chi connectivity index (χ3v) is 2.24. The summed E-state index contributed by atoms with van der Waals surface area (Å²) in [6.07, 6.45) is 3.01. The number of hydrogen-bond donors (Lipinski definition) is 2. The van der Waals surface area contributed by atoms with Gasteiger partial charge in [-0.15, -0.1) is 0 Å². The molecule has 0 aliphatic carbocycles. The van der Waals surface area contributed by atoms with E-state index in [1.165, 1.54) is 0 Å². The van der Waals surface area contributed by atoms with Crippen LogP contribution in [0.4, 0.5) is 0 Å². The van der Waals surface area contributed by atoms with Crippen molar-refractivity contribution < 1.29 is 19.0 Å². The van der Waals surface area contributed by atoms with Crippen LogP contribution in [0.15, 0.2) is 0 Å². The van der Waals surface area contributed by atoms with Crippen LogP contribution in [-0.4, -0.2) is 59.1 Å². The molecule has 0 aliphatic rings. The number of nitrogens with one attached hydrogen (secondary N) is 1. The first-order chi connectivity index (χ1) is 8.81. The van der Waals surface area contributed by atoms with Gasteiger partial charge in [0.05, 0.1) is 26.4 Å². The largest absolute Gasteiger partial charge is 0.382 e. The van der Waals surface area contributed by atoms with Gasteiger partial charge in [0.2, 0.25) is 5.91 Å². The molecule has 0 aromatic heterocycles. The molecule has 0 aromatic carbocycles. The van der Waals surface area contributed by atoms with Crippen LogP contribution in [0.3, 0.4) is 0 Å². The van der Waals surface area contributed by atoms with Gasteiger partial charge in [0, 0.05) is 13.7 Å². The molecule has 6 heteroatoms. The monoisotopic (exact) mass is 262 g/mol. The van der Waals surface area contributed by atoms with E-state index in [0.29, 0.717) is 39.5 Å². The molecule has 0 saturated carbocycles. The summed E-state index contributed by atoms with van der Waals surface area (Å²) in [4.78, 5) is 11.3. The Morgan fingerprint density at radius 2 is 1.78 bits per heavy atom. The summed E-state index contributed by atoms with van der Waals surface area (Å²) in [7, 11) is 1.62. The third-order valence-electron chi connectivity index (χ3n) is 2.24. The molecule has 0 bridgehead atoms. The Morgan fingerprint density at radius 1 is 1.06 bits per heavy atom. The smallest absolute Gasteiger partial charge is 0.245 e. The van der Waals surface area contributed by atoms with Crippen LogP contribution in [-0.2, 0) is 19.0 Å². The quantitative estimate of drug-likeness (QED) is 0.453. The second kappa shape index (κ2) is 14.4. The summed E-state index contributed by atoms with van der Waals surface area (Å²) < 4.78 is 15.2. The summed E-state index contributed by atoms with van der Waals surface area (Å²) in [6, 6.07) is 0. The standard InChI is InChI=1S/C12H26N2O4/c1-16-7-8-17-9-10-18-11-12(15)14-6-4-2-3-5-13/h2-11,13H2,1H3,(H,14,15). The lowest BCUT2D eigenvalue weighted by Gasteiger charge is -2.06. The van der Waals surface area contributed by atoms with E-state index >= 15 is 0 Å². The van der Waals surface area contributed by atoms with Gasteiger partial charge >= 0.3 is 0 Å². The summed E-state index contributed by atoms with van der Waals surface area (Å²) in [6.45, 7) is 3.51. The van der Waals surface area contributed by atoms with Crippen LogP contribution in [0.25, 0.3) is 0 Å². The fraction of sp³-hybridized carbons (Fsp3) is 0.917. The molecule has 6 nitrogen and oxygen atoms in total. The Bertz CT molecular complexity index is 191. The zero-order valence-electron chi connectivity index (χ0n) is 11.3. The van der Waals surface area contributed by atoms with Gasteiger partial charge in [0.25, 0.3) is 0 Å². The fourth-order valence-corrected chi connectivity index (χ4v) is 1.25. The maximum absolute atomic E-state index is 11.3. The molecule has 3 N–H and O–H groups in total. The SMILES string of the molecule is COCCOCCOCC(=O)NCCCCCN. The average Bonchev–Trinajstić information content (AvgIpc) is 2.37. The molecule has 0 atom stereocenters. The Labute approximate surface area is 109 Å². The van der Waals surface area contributed by atoms with Crippen LogP contribution in [0.1, 0.15) is 19.3 Å². The first-order valence-corrected chi connectivity index (χ1v) is 6.42. The fourth-order valence-electron chi connectivity index (χ4n) is 1.25. The first-order valence-electron chi connectivity index (χ1n) is 6.42. The van der Waals surface area contributed by atoms with E-state index < -0.39 is 0 Å². The van der Waals surface area contributed by atoms with Crippen molar-refractivity contribution in [2.75, 3.05) is 53.2 Å². The minimum atomic E-state index is -0.0837. The predicted octanol–water partition coefficient (Wildman–Crippen LogP) is -0.0888. The van der Waals surface area contributed by atoms with E-state index in [2.05, 4.69) is 5.32 Å². The van der Waals surface area contributed by atoms with Gasteiger partial charge in [-0.3, -0.25) is 4.79 Å². The highest BCUT2D eigenvalue weighted by atomic mass is 16.5. The molecule has 0 heterocycles. The highest BCUT2D eigenvalue weighted by Crippen LogP contribution is 1.90. The number of unbranched alkanes of at least 4 members (excludes halogenated alkanes) is 2. The van der Waals surface area contributed by atoms with Crippen LogP contribution in [0.5, 0.6) is 0 Å². The van der Waals surface area contributed by atoms with Gasteiger partial charge in [-0.1, -0.05) is 6.42 Å². The van der Waals surface area contributed by atoms with E-state index in [4.69, 9.17) is 19.9 Å². The number of carbonyl (C=O) groups is 1. The van der Waals surface area contributed by atoms with Crippen LogP contribution < -0.4 is 11.1 Å². The van der Waals surface area contributed by atoms with Gasteiger partial charge in [-0.2, -0.15) is 0 Å². The number of ether oxygens (including phenoxy) is 3. The number of amides is 1. The summed E-state index contributed by atoms with van der Waals surface area (Å²) >= 11 is 0. The lowest BCUT2D eigenvalue weighted by atomic mass is 10.2. The van der Waals surface area contributed by atoms with Crippen molar-refractivity contribution in [3.8, 4) is 0 Å². The third kappa shape index (κ3) is 13.4. The van der Waals surface area contributed by atoms with Crippen LogP contribution >= 0.6 is 0 Å². The molecule has 0 unspecified atom stereocenters. The normalized spacial score (nSPS) is 10.6. The Hall–Kier alpha value is -0.690. The summed E-state index contributed by atoms with van der Waals surface area (Å²) in [5.41, 5.74) is 5.37. The van der Waals surface area contributed by atoms with Crippen molar-refractivity contribution in [2.45, 2.75) is 19.3 Å². The van der Waals surface area contributed by atoms with Crippen LogP contribution in [0.2, 0.25) is 0 Å². The van der Waals surface area contributed by atoms with E-state index in [0.717, 1.165) is 19.3 Å². The Morgan fingerprint density at radius 3 is 2.50 bits per heavy atom. The molecule has 0 aromatic rings. The van der Waals surface area contributed by atoms with Gasteiger partial charge < -0.3 is 25.3 Å². The van der Waals surface area contributed by atoms with Crippen molar-refractivity contribution in [3.05, 3.63) is 0 Å². The second-order valence-corrected chi connectivity index (χ2v) is 3.86. The van der Waals surface area contributed by atoms with Gasteiger partial charge in [0.1, 0.15) is 6.61 Å². The molecule has 0 saturated heterocycles. The van der Waals surface area contributed by atoms with Crippen molar-refractivity contribution in [1.29, 1.82) is 0 Å². The molecular weight excluding hydrogens is 236 g/mol. The molecule has 108 valence electrons. The molecule has 1 amide bonds. The van der Waals surface area contributed by atoms with Crippen molar-refractivity contribution in [2.24, 2.45) is 5.73 Å². The molecule has 0 spiro atoms. The summed E-state index contributed by atoms with van der Waals surface area (Å²) in [5.74, 6) is -0.0837. The highest BCUT2D eigenvalue weighted by Gasteiger charge is 2.00. The van der Waals surface area contributed by atoms with E-state index in [1.54, 1.807) is 7.11 Å². The molecule has 0 rings (SSSR count). The van der Waals surface area contributed by atoms with Crippen LogP contribution in [0, 0.1) is 0 Å². The molecule has 0 fully saturated rings.